The van der Waals surface area contributed by atoms with Crippen LogP contribution in [0.5, 0.6) is 0 Å². The van der Waals surface area contributed by atoms with Crippen LogP contribution in [0.3, 0.4) is 0 Å². The molecule has 22 heavy (non-hydrogen) atoms. The lowest BCUT2D eigenvalue weighted by molar-refractivity contribution is 0.0475. The summed E-state index contributed by atoms with van der Waals surface area (Å²) < 4.78 is 5.36. The number of rotatable bonds is 3. The third-order valence-corrected chi connectivity index (χ3v) is 3.27. The van der Waals surface area contributed by atoms with Gasteiger partial charge < -0.3 is 9.72 Å². The fourth-order valence-electron chi connectivity index (χ4n) is 2.20. The molecule has 0 atom stereocenters. The van der Waals surface area contributed by atoms with Gasteiger partial charge in [-0.05, 0) is 24.6 Å². The number of hydrogen-bond acceptors (Lipinski definition) is 2. The second kappa shape index (κ2) is 7.46. The maximum atomic E-state index is 12.2. The molecule has 1 heterocycles. The van der Waals surface area contributed by atoms with Gasteiger partial charge >= 0.3 is 5.97 Å². The zero-order chi connectivity index (χ0) is 15.9. The van der Waals surface area contributed by atoms with Crippen LogP contribution in [0.4, 0.5) is 0 Å². The van der Waals surface area contributed by atoms with Gasteiger partial charge in [0, 0.05) is 17.1 Å². The van der Waals surface area contributed by atoms with E-state index in [1.165, 1.54) is 0 Å². The average Bonchev–Trinajstić information content (AvgIpc) is 2.98. The normalized spacial score (nSPS) is 9.95. The van der Waals surface area contributed by atoms with Gasteiger partial charge in [0.1, 0.15) is 6.61 Å². The quantitative estimate of drug-likeness (QED) is 0.701. The molecule has 114 valence electrons. The lowest BCUT2D eigenvalue weighted by Crippen LogP contribution is -2.04. The SMILES string of the molecule is CC.Cc1ccc2[nH]cc(C(=O)OCc3ccccc3)c2c1. The van der Waals surface area contributed by atoms with Crippen LogP contribution in [0.15, 0.2) is 54.7 Å². The van der Waals surface area contributed by atoms with Crippen molar-refractivity contribution in [2.75, 3.05) is 0 Å². The molecule has 3 rings (SSSR count). The summed E-state index contributed by atoms with van der Waals surface area (Å²) >= 11 is 0. The van der Waals surface area contributed by atoms with E-state index < -0.39 is 0 Å². The van der Waals surface area contributed by atoms with Crippen LogP contribution in [-0.2, 0) is 11.3 Å². The fourth-order valence-corrected chi connectivity index (χ4v) is 2.20. The Morgan fingerprint density at radius 3 is 2.55 bits per heavy atom. The summed E-state index contributed by atoms with van der Waals surface area (Å²) in [7, 11) is 0. The summed E-state index contributed by atoms with van der Waals surface area (Å²) in [4.78, 5) is 15.3. The summed E-state index contributed by atoms with van der Waals surface area (Å²) in [6.07, 6.45) is 1.71. The maximum absolute atomic E-state index is 12.2. The summed E-state index contributed by atoms with van der Waals surface area (Å²) in [6.45, 7) is 6.30. The van der Waals surface area contributed by atoms with Crippen LogP contribution in [-0.4, -0.2) is 11.0 Å². The first-order chi connectivity index (χ1) is 10.7. The van der Waals surface area contributed by atoms with Gasteiger partial charge in [-0.3, -0.25) is 0 Å². The Bertz CT molecular complexity index is 744. The Morgan fingerprint density at radius 2 is 1.82 bits per heavy atom. The number of aryl methyl sites for hydroxylation is 1. The molecule has 0 unspecified atom stereocenters. The number of H-pyrrole nitrogens is 1. The lowest BCUT2D eigenvalue weighted by atomic mass is 10.1. The molecular formula is C19H21NO2. The highest BCUT2D eigenvalue weighted by molar-refractivity contribution is 6.04. The highest BCUT2D eigenvalue weighted by Crippen LogP contribution is 2.20. The molecule has 0 aliphatic carbocycles. The van der Waals surface area contributed by atoms with Crippen LogP contribution >= 0.6 is 0 Å². The zero-order valence-electron chi connectivity index (χ0n) is 13.2. The summed E-state index contributed by atoms with van der Waals surface area (Å²) in [6, 6.07) is 15.6. The van der Waals surface area contributed by atoms with Gasteiger partial charge in [-0.25, -0.2) is 4.79 Å². The van der Waals surface area contributed by atoms with Crippen LogP contribution in [0.2, 0.25) is 0 Å². The maximum Gasteiger partial charge on any atom is 0.340 e. The second-order valence-electron chi connectivity index (χ2n) is 4.81. The van der Waals surface area contributed by atoms with E-state index in [1.807, 2.05) is 69.3 Å². The van der Waals surface area contributed by atoms with Crippen molar-refractivity contribution in [1.82, 2.24) is 4.98 Å². The molecule has 0 fully saturated rings. The number of benzene rings is 2. The van der Waals surface area contributed by atoms with E-state index in [1.54, 1.807) is 6.20 Å². The molecule has 1 N–H and O–H groups in total. The number of carbonyl (C=O) groups excluding carboxylic acids is 1. The van der Waals surface area contributed by atoms with Crippen molar-refractivity contribution < 1.29 is 9.53 Å². The van der Waals surface area contributed by atoms with Crippen LogP contribution in [0, 0.1) is 6.92 Å². The van der Waals surface area contributed by atoms with Crippen molar-refractivity contribution in [2.24, 2.45) is 0 Å². The number of nitrogens with one attached hydrogen (secondary N) is 1. The summed E-state index contributed by atoms with van der Waals surface area (Å²) in [5.74, 6) is -0.300. The number of fused-ring (bicyclic) bond motifs is 1. The van der Waals surface area contributed by atoms with E-state index in [0.717, 1.165) is 22.0 Å². The van der Waals surface area contributed by atoms with Gasteiger partial charge in [0.2, 0.25) is 0 Å². The van der Waals surface area contributed by atoms with Gasteiger partial charge in [-0.15, -0.1) is 0 Å². The minimum absolute atomic E-state index is 0.290. The summed E-state index contributed by atoms with van der Waals surface area (Å²) in [5.41, 5.74) is 3.63. The van der Waals surface area contributed by atoms with Gasteiger partial charge in [0.25, 0.3) is 0 Å². The van der Waals surface area contributed by atoms with Crippen molar-refractivity contribution in [2.45, 2.75) is 27.4 Å². The van der Waals surface area contributed by atoms with Crippen LogP contribution in [0.1, 0.15) is 35.3 Å². The Hall–Kier alpha value is -2.55. The minimum Gasteiger partial charge on any atom is -0.457 e. The predicted octanol–water partition coefficient (Wildman–Crippen LogP) is 4.86. The monoisotopic (exact) mass is 295 g/mol. The Kier molecular flexibility index (Phi) is 5.37. The van der Waals surface area contributed by atoms with E-state index in [2.05, 4.69) is 4.98 Å². The third kappa shape index (κ3) is 3.55. The van der Waals surface area contributed by atoms with E-state index in [4.69, 9.17) is 4.74 Å². The van der Waals surface area contributed by atoms with E-state index >= 15 is 0 Å². The predicted molar refractivity (Wildman–Crippen MR) is 89.9 cm³/mol. The molecule has 3 nitrogen and oxygen atoms in total. The molecule has 0 bridgehead atoms. The van der Waals surface area contributed by atoms with E-state index in [-0.39, 0.29) is 12.6 Å². The highest BCUT2D eigenvalue weighted by atomic mass is 16.5. The smallest absolute Gasteiger partial charge is 0.340 e. The minimum atomic E-state index is -0.300. The number of aromatic nitrogens is 1. The number of aromatic amines is 1. The van der Waals surface area contributed by atoms with Gasteiger partial charge in [-0.2, -0.15) is 0 Å². The van der Waals surface area contributed by atoms with Gasteiger partial charge in [0.05, 0.1) is 5.56 Å². The van der Waals surface area contributed by atoms with Crippen LogP contribution in [0.25, 0.3) is 10.9 Å². The standard InChI is InChI=1S/C17H15NO2.C2H6/c1-12-7-8-16-14(9-12)15(10-18-16)17(19)20-11-13-5-3-2-4-6-13;1-2/h2-10,18H,11H2,1H3;1-2H3. The molecule has 0 aliphatic rings. The van der Waals surface area contributed by atoms with Crippen molar-refractivity contribution in [3.63, 3.8) is 0 Å². The number of ether oxygens (including phenoxy) is 1. The fraction of sp³-hybridized carbons (Fsp3) is 0.211. The van der Waals surface area contributed by atoms with Crippen molar-refractivity contribution in [3.8, 4) is 0 Å². The molecule has 0 amide bonds. The Balaban J connectivity index is 0.000000847. The zero-order valence-corrected chi connectivity index (χ0v) is 13.2. The van der Waals surface area contributed by atoms with Crippen molar-refractivity contribution >= 4 is 16.9 Å². The van der Waals surface area contributed by atoms with E-state index in [0.29, 0.717) is 5.56 Å². The molecule has 0 saturated carbocycles. The van der Waals surface area contributed by atoms with Crippen molar-refractivity contribution in [1.29, 1.82) is 0 Å². The Morgan fingerprint density at radius 1 is 1.09 bits per heavy atom. The first kappa shape index (κ1) is 15.8. The molecular weight excluding hydrogens is 274 g/mol. The molecule has 3 aromatic rings. The molecule has 0 saturated heterocycles. The average molecular weight is 295 g/mol. The number of carbonyl (C=O) groups is 1. The molecule has 3 heteroatoms. The number of hydrogen-bond donors (Lipinski definition) is 1. The molecule has 1 aromatic heterocycles. The topological polar surface area (TPSA) is 42.1 Å². The lowest BCUT2D eigenvalue weighted by Gasteiger charge is -2.04. The van der Waals surface area contributed by atoms with Crippen LogP contribution < -0.4 is 0 Å². The molecule has 0 radical (unpaired) electrons. The Labute approximate surface area is 130 Å². The summed E-state index contributed by atoms with van der Waals surface area (Å²) in [5, 5.41) is 0.906. The first-order valence-corrected chi connectivity index (χ1v) is 7.53. The highest BCUT2D eigenvalue weighted by Gasteiger charge is 2.13. The molecule has 0 spiro atoms. The van der Waals surface area contributed by atoms with Gasteiger partial charge in [0.15, 0.2) is 0 Å². The molecule has 0 aliphatic heterocycles. The van der Waals surface area contributed by atoms with E-state index in [9.17, 15) is 4.79 Å². The number of esters is 1. The second-order valence-corrected chi connectivity index (χ2v) is 4.81. The largest absolute Gasteiger partial charge is 0.457 e. The molecule has 2 aromatic carbocycles. The van der Waals surface area contributed by atoms with Gasteiger partial charge in [-0.1, -0.05) is 55.8 Å². The third-order valence-electron chi connectivity index (χ3n) is 3.27. The first-order valence-electron chi connectivity index (χ1n) is 7.53. The van der Waals surface area contributed by atoms with Crippen molar-refractivity contribution in [3.05, 3.63) is 71.4 Å².